The van der Waals surface area contributed by atoms with Gasteiger partial charge in [0.1, 0.15) is 0 Å². The zero-order chi connectivity index (χ0) is 10.0. The third-order valence-corrected chi connectivity index (χ3v) is 3.71. The maximum Gasteiger partial charge on any atom is 0.0909 e. The van der Waals surface area contributed by atoms with Crippen molar-refractivity contribution in [2.24, 2.45) is 0 Å². The zero-order valence-electron chi connectivity index (χ0n) is 9.13. The lowest BCUT2D eigenvalue weighted by atomic mass is 10.0. The summed E-state index contributed by atoms with van der Waals surface area (Å²) < 4.78 is 0. The molecule has 14 heavy (non-hydrogen) atoms. The van der Waals surface area contributed by atoms with Crippen LogP contribution in [0.2, 0.25) is 0 Å². The highest BCUT2D eigenvalue weighted by Gasteiger charge is 2.34. The molecule has 1 saturated heterocycles. The third kappa shape index (κ3) is 2.27. The van der Waals surface area contributed by atoms with Crippen molar-refractivity contribution in [2.75, 3.05) is 26.7 Å². The van der Waals surface area contributed by atoms with Crippen LogP contribution in [0.3, 0.4) is 0 Å². The predicted molar refractivity (Wildman–Crippen MR) is 57.3 cm³/mol. The molecule has 2 N–H and O–H groups in total. The van der Waals surface area contributed by atoms with Crippen molar-refractivity contribution in [3.8, 4) is 0 Å². The van der Waals surface area contributed by atoms with Crippen LogP contribution in [0.25, 0.3) is 0 Å². The van der Waals surface area contributed by atoms with Crippen LogP contribution in [0.1, 0.15) is 32.1 Å². The Morgan fingerprint density at radius 1 is 1.43 bits per heavy atom. The van der Waals surface area contributed by atoms with Crippen LogP contribution in [-0.2, 0) is 0 Å². The highest BCUT2D eigenvalue weighted by atomic mass is 16.3. The summed E-state index contributed by atoms with van der Waals surface area (Å²) >= 11 is 0. The van der Waals surface area contributed by atoms with Crippen LogP contribution < -0.4 is 5.32 Å². The zero-order valence-corrected chi connectivity index (χ0v) is 9.13. The van der Waals surface area contributed by atoms with E-state index in [1.807, 2.05) is 0 Å². The van der Waals surface area contributed by atoms with Gasteiger partial charge < -0.3 is 15.3 Å². The van der Waals surface area contributed by atoms with E-state index in [0.717, 1.165) is 32.1 Å². The maximum absolute atomic E-state index is 10.2. The van der Waals surface area contributed by atoms with E-state index in [9.17, 15) is 5.11 Å². The van der Waals surface area contributed by atoms with Gasteiger partial charge in [0.05, 0.1) is 5.60 Å². The summed E-state index contributed by atoms with van der Waals surface area (Å²) in [6, 6.07) is 0.722. The third-order valence-electron chi connectivity index (χ3n) is 3.71. The van der Waals surface area contributed by atoms with Crippen LogP contribution in [0, 0.1) is 0 Å². The molecule has 1 aliphatic heterocycles. The van der Waals surface area contributed by atoms with Crippen LogP contribution in [0.5, 0.6) is 0 Å². The first-order chi connectivity index (χ1) is 6.70. The van der Waals surface area contributed by atoms with E-state index in [1.54, 1.807) is 0 Å². The van der Waals surface area contributed by atoms with Gasteiger partial charge in [-0.3, -0.25) is 0 Å². The molecule has 0 spiro atoms. The first-order valence-corrected chi connectivity index (χ1v) is 5.83. The monoisotopic (exact) mass is 198 g/mol. The minimum absolute atomic E-state index is 0.461. The fourth-order valence-electron chi connectivity index (χ4n) is 2.80. The van der Waals surface area contributed by atoms with E-state index in [1.165, 1.54) is 25.7 Å². The summed E-state index contributed by atoms with van der Waals surface area (Å²) in [6.45, 7) is 2.57. The Kier molecular flexibility index (Phi) is 3.10. The maximum atomic E-state index is 10.2. The number of nitrogens with one attached hydrogen (secondary N) is 1. The van der Waals surface area contributed by atoms with Crippen LogP contribution >= 0.6 is 0 Å². The predicted octanol–water partition coefficient (Wildman–Crippen LogP) is 0.585. The molecule has 1 aliphatic carbocycles. The molecular formula is C11H22N2O. The van der Waals surface area contributed by atoms with Crippen molar-refractivity contribution in [1.82, 2.24) is 10.2 Å². The van der Waals surface area contributed by atoms with E-state index in [4.69, 9.17) is 0 Å². The van der Waals surface area contributed by atoms with Gasteiger partial charge in [0.2, 0.25) is 0 Å². The van der Waals surface area contributed by atoms with E-state index in [2.05, 4.69) is 17.3 Å². The molecule has 2 rings (SSSR count). The fourth-order valence-corrected chi connectivity index (χ4v) is 2.80. The molecule has 1 heterocycles. The van der Waals surface area contributed by atoms with Crippen LogP contribution in [0.4, 0.5) is 0 Å². The number of likely N-dealkylation sites (N-methyl/N-ethyl adjacent to an activating group) is 1. The van der Waals surface area contributed by atoms with E-state index >= 15 is 0 Å². The van der Waals surface area contributed by atoms with E-state index in [0.29, 0.717) is 0 Å². The standard InChI is InChI=1S/C11H22N2O/c1-13(10-4-2-3-5-10)9-11(14)6-7-12-8-11/h10,12,14H,2-9H2,1H3. The van der Waals surface area contributed by atoms with Crippen LogP contribution in [-0.4, -0.2) is 48.3 Å². The van der Waals surface area contributed by atoms with Crippen molar-refractivity contribution in [3.05, 3.63) is 0 Å². The number of nitrogens with zero attached hydrogens (tertiary/aromatic N) is 1. The van der Waals surface area contributed by atoms with Crippen molar-refractivity contribution in [2.45, 2.75) is 43.7 Å². The van der Waals surface area contributed by atoms with Crippen molar-refractivity contribution in [1.29, 1.82) is 0 Å². The van der Waals surface area contributed by atoms with Gasteiger partial charge in [-0.05, 0) is 32.9 Å². The summed E-state index contributed by atoms with van der Waals surface area (Å²) in [5.41, 5.74) is -0.461. The van der Waals surface area contributed by atoms with Gasteiger partial charge in [0.25, 0.3) is 0 Å². The van der Waals surface area contributed by atoms with Gasteiger partial charge >= 0.3 is 0 Å². The molecule has 1 atom stereocenters. The van der Waals surface area contributed by atoms with Crippen molar-refractivity contribution in [3.63, 3.8) is 0 Å². The van der Waals surface area contributed by atoms with Gasteiger partial charge in [-0.2, -0.15) is 0 Å². The van der Waals surface area contributed by atoms with Crippen molar-refractivity contribution < 1.29 is 5.11 Å². The second-order valence-corrected chi connectivity index (χ2v) is 5.00. The average molecular weight is 198 g/mol. The largest absolute Gasteiger partial charge is 0.387 e. The summed E-state index contributed by atoms with van der Waals surface area (Å²) in [5, 5.41) is 13.4. The van der Waals surface area contributed by atoms with Crippen LogP contribution in [0.15, 0.2) is 0 Å². The first kappa shape index (κ1) is 10.4. The number of rotatable bonds is 3. The van der Waals surface area contributed by atoms with E-state index < -0.39 is 5.60 Å². The Morgan fingerprint density at radius 2 is 2.14 bits per heavy atom. The second-order valence-electron chi connectivity index (χ2n) is 5.00. The molecule has 1 unspecified atom stereocenters. The Hall–Kier alpha value is -0.120. The summed E-state index contributed by atoms with van der Waals surface area (Å²) in [4.78, 5) is 2.36. The van der Waals surface area contributed by atoms with E-state index in [-0.39, 0.29) is 0 Å². The molecule has 82 valence electrons. The average Bonchev–Trinajstić information content (AvgIpc) is 2.74. The highest BCUT2D eigenvalue weighted by molar-refractivity contribution is 4.91. The quantitative estimate of drug-likeness (QED) is 0.696. The summed E-state index contributed by atoms with van der Waals surface area (Å²) in [7, 11) is 2.16. The normalized spacial score (nSPS) is 34.5. The molecule has 0 bridgehead atoms. The fraction of sp³-hybridized carbons (Fsp3) is 1.00. The minimum Gasteiger partial charge on any atom is -0.387 e. The SMILES string of the molecule is CN(CC1(O)CCNC1)C1CCCC1. The summed E-state index contributed by atoms with van der Waals surface area (Å²) in [6.07, 6.45) is 6.28. The second kappa shape index (κ2) is 4.17. The Balaban J connectivity index is 1.83. The number of hydrogen-bond donors (Lipinski definition) is 2. The molecule has 0 radical (unpaired) electrons. The smallest absolute Gasteiger partial charge is 0.0909 e. The van der Waals surface area contributed by atoms with Gasteiger partial charge in [0.15, 0.2) is 0 Å². The van der Waals surface area contributed by atoms with Gasteiger partial charge in [-0.1, -0.05) is 12.8 Å². The molecule has 0 amide bonds. The summed E-state index contributed by atoms with van der Waals surface area (Å²) in [5.74, 6) is 0. The number of hydrogen-bond acceptors (Lipinski definition) is 3. The topological polar surface area (TPSA) is 35.5 Å². The molecule has 3 nitrogen and oxygen atoms in total. The minimum atomic E-state index is -0.461. The number of aliphatic hydroxyl groups is 1. The molecule has 0 aromatic rings. The molecular weight excluding hydrogens is 176 g/mol. The molecule has 3 heteroatoms. The van der Waals surface area contributed by atoms with Gasteiger partial charge in [-0.15, -0.1) is 0 Å². The lowest BCUT2D eigenvalue weighted by Gasteiger charge is -2.31. The first-order valence-electron chi connectivity index (χ1n) is 5.83. The van der Waals surface area contributed by atoms with Gasteiger partial charge in [0, 0.05) is 19.1 Å². The Labute approximate surface area is 86.5 Å². The highest BCUT2D eigenvalue weighted by Crippen LogP contribution is 2.25. The molecule has 0 aromatic heterocycles. The molecule has 2 fully saturated rings. The Morgan fingerprint density at radius 3 is 2.71 bits per heavy atom. The molecule has 2 aliphatic rings. The molecule has 1 saturated carbocycles. The van der Waals surface area contributed by atoms with Crippen molar-refractivity contribution >= 4 is 0 Å². The number of β-amino-alcohol motifs (C(OH)–C–C–N with tert-alkyl or cyclic N) is 1. The van der Waals surface area contributed by atoms with Gasteiger partial charge in [-0.25, -0.2) is 0 Å². The lowest BCUT2D eigenvalue weighted by Crippen LogP contribution is -2.46. The Bertz CT molecular complexity index is 184. The molecule has 0 aromatic carbocycles. The lowest BCUT2D eigenvalue weighted by molar-refractivity contribution is 0.0172.